The predicted octanol–water partition coefficient (Wildman–Crippen LogP) is 2.29. The monoisotopic (exact) mass is 232 g/mol. The van der Waals surface area contributed by atoms with Crippen LogP contribution in [0, 0.1) is 6.92 Å². The molecule has 5 heteroatoms. The molecule has 88 valence electrons. The van der Waals surface area contributed by atoms with Crippen molar-refractivity contribution in [2.24, 2.45) is 0 Å². The van der Waals surface area contributed by atoms with E-state index in [0.717, 1.165) is 11.3 Å². The van der Waals surface area contributed by atoms with Crippen molar-refractivity contribution in [3.63, 3.8) is 0 Å². The maximum absolute atomic E-state index is 10.6. The van der Waals surface area contributed by atoms with Crippen LogP contribution in [0.1, 0.15) is 21.9 Å². The summed E-state index contributed by atoms with van der Waals surface area (Å²) in [5.74, 6) is -0.525. The second-order valence-corrected chi connectivity index (χ2v) is 3.62. The lowest BCUT2D eigenvalue weighted by atomic mass is 10.2. The zero-order valence-electron chi connectivity index (χ0n) is 9.30. The van der Waals surface area contributed by atoms with Crippen LogP contribution in [0.15, 0.2) is 35.0 Å². The zero-order chi connectivity index (χ0) is 12.3. The minimum Gasteiger partial charge on any atom is -0.475 e. The van der Waals surface area contributed by atoms with Crippen LogP contribution in [0.2, 0.25) is 0 Å². The third kappa shape index (κ3) is 2.63. The number of hydrogen-bond donors (Lipinski definition) is 2. The van der Waals surface area contributed by atoms with E-state index < -0.39 is 5.97 Å². The molecule has 2 aromatic heterocycles. The highest BCUT2D eigenvalue weighted by Gasteiger charge is 2.08. The van der Waals surface area contributed by atoms with Gasteiger partial charge in [-0.3, -0.25) is 4.98 Å². The van der Waals surface area contributed by atoms with Crippen molar-refractivity contribution in [2.75, 3.05) is 5.32 Å². The van der Waals surface area contributed by atoms with Gasteiger partial charge in [-0.1, -0.05) is 0 Å². The molecular weight excluding hydrogens is 220 g/mol. The van der Waals surface area contributed by atoms with Gasteiger partial charge in [0, 0.05) is 18.1 Å². The van der Waals surface area contributed by atoms with E-state index in [-0.39, 0.29) is 5.76 Å². The first kappa shape index (κ1) is 11.2. The fraction of sp³-hybridized carbons (Fsp3) is 0.167. The highest BCUT2D eigenvalue weighted by atomic mass is 16.4. The summed E-state index contributed by atoms with van der Waals surface area (Å²) in [5, 5.41) is 11.9. The molecule has 0 spiro atoms. The molecule has 0 fully saturated rings. The molecule has 5 nitrogen and oxygen atoms in total. The molecule has 0 aromatic carbocycles. The second kappa shape index (κ2) is 4.69. The molecule has 0 atom stereocenters. The van der Waals surface area contributed by atoms with E-state index >= 15 is 0 Å². The number of rotatable bonds is 4. The molecule has 0 aliphatic carbocycles. The Morgan fingerprint density at radius 2 is 2.29 bits per heavy atom. The Labute approximate surface area is 98.1 Å². The zero-order valence-corrected chi connectivity index (χ0v) is 9.30. The van der Waals surface area contributed by atoms with Crippen LogP contribution in [0.25, 0.3) is 0 Å². The highest BCUT2D eigenvalue weighted by molar-refractivity contribution is 5.84. The Morgan fingerprint density at radius 3 is 2.94 bits per heavy atom. The first-order valence-corrected chi connectivity index (χ1v) is 5.13. The number of carbonyl (C=O) groups is 1. The van der Waals surface area contributed by atoms with Crippen molar-refractivity contribution in [3.05, 3.63) is 47.7 Å². The van der Waals surface area contributed by atoms with Gasteiger partial charge >= 0.3 is 5.97 Å². The van der Waals surface area contributed by atoms with E-state index in [1.807, 2.05) is 13.0 Å². The summed E-state index contributed by atoms with van der Waals surface area (Å²) in [5.41, 5.74) is 1.98. The van der Waals surface area contributed by atoms with E-state index in [1.165, 1.54) is 6.07 Å². The molecule has 2 rings (SSSR count). The fourth-order valence-electron chi connectivity index (χ4n) is 1.44. The lowest BCUT2D eigenvalue weighted by Gasteiger charge is -2.06. The van der Waals surface area contributed by atoms with Gasteiger partial charge in [-0.2, -0.15) is 0 Å². The first-order chi connectivity index (χ1) is 8.16. The van der Waals surface area contributed by atoms with Gasteiger partial charge in [0.25, 0.3) is 0 Å². The number of aryl methyl sites for hydroxylation is 1. The number of aromatic carboxylic acids is 1. The Balaban J connectivity index is 2.02. The highest BCUT2D eigenvalue weighted by Crippen LogP contribution is 2.14. The predicted molar refractivity (Wildman–Crippen MR) is 62.0 cm³/mol. The molecule has 0 saturated heterocycles. The summed E-state index contributed by atoms with van der Waals surface area (Å²) in [7, 11) is 0. The van der Waals surface area contributed by atoms with Crippen LogP contribution >= 0.6 is 0 Å². The Kier molecular flexibility index (Phi) is 3.09. The molecule has 2 N–H and O–H groups in total. The lowest BCUT2D eigenvalue weighted by molar-refractivity contribution is 0.0660. The van der Waals surface area contributed by atoms with E-state index in [4.69, 9.17) is 9.52 Å². The number of carboxylic acid groups (broad SMARTS) is 1. The maximum atomic E-state index is 10.6. The molecule has 0 bridgehead atoms. The van der Waals surface area contributed by atoms with E-state index in [0.29, 0.717) is 12.3 Å². The number of anilines is 1. The van der Waals surface area contributed by atoms with Crippen LogP contribution in [-0.4, -0.2) is 16.1 Å². The largest absolute Gasteiger partial charge is 0.475 e. The van der Waals surface area contributed by atoms with Crippen molar-refractivity contribution in [2.45, 2.75) is 13.5 Å². The Bertz CT molecular complexity index is 534. The number of aromatic nitrogens is 1. The quantitative estimate of drug-likeness (QED) is 0.845. The summed E-state index contributed by atoms with van der Waals surface area (Å²) in [6, 6.07) is 4.95. The normalized spacial score (nSPS) is 10.2. The number of nitrogens with zero attached hydrogens (tertiary/aromatic N) is 1. The van der Waals surface area contributed by atoms with Gasteiger partial charge in [0.1, 0.15) is 5.76 Å². The van der Waals surface area contributed by atoms with Crippen molar-refractivity contribution < 1.29 is 14.3 Å². The molecule has 0 unspecified atom stereocenters. The van der Waals surface area contributed by atoms with Gasteiger partial charge < -0.3 is 14.8 Å². The van der Waals surface area contributed by atoms with Crippen LogP contribution < -0.4 is 5.32 Å². The molecule has 2 heterocycles. The molecule has 0 aliphatic heterocycles. The average molecular weight is 232 g/mol. The molecule has 0 aliphatic rings. The molecule has 0 radical (unpaired) electrons. The molecule has 0 saturated carbocycles. The summed E-state index contributed by atoms with van der Waals surface area (Å²) in [4.78, 5) is 14.6. The molecule has 2 aromatic rings. The van der Waals surface area contributed by atoms with E-state index in [2.05, 4.69) is 10.3 Å². The van der Waals surface area contributed by atoms with Crippen LogP contribution in [-0.2, 0) is 6.54 Å². The molecule has 0 amide bonds. The number of nitrogens with one attached hydrogen (secondary N) is 1. The van der Waals surface area contributed by atoms with Crippen molar-refractivity contribution in [1.29, 1.82) is 0 Å². The first-order valence-electron chi connectivity index (χ1n) is 5.13. The SMILES string of the molecule is Cc1cnccc1NCc1ccc(C(=O)O)o1. The average Bonchev–Trinajstić information content (AvgIpc) is 2.77. The van der Waals surface area contributed by atoms with E-state index in [1.54, 1.807) is 18.5 Å². The maximum Gasteiger partial charge on any atom is 0.371 e. The van der Waals surface area contributed by atoms with Crippen LogP contribution in [0.4, 0.5) is 5.69 Å². The van der Waals surface area contributed by atoms with Gasteiger partial charge in [0.15, 0.2) is 0 Å². The van der Waals surface area contributed by atoms with Crippen LogP contribution in [0.3, 0.4) is 0 Å². The van der Waals surface area contributed by atoms with Gasteiger partial charge in [-0.15, -0.1) is 0 Å². The van der Waals surface area contributed by atoms with E-state index in [9.17, 15) is 4.79 Å². The standard InChI is InChI=1S/C12H12N2O3/c1-8-6-13-5-4-10(8)14-7-9-2-3-11(17-9)12(15)16/h2-6H,7H2,1H3,(H,13,14)(H,15,16). The van der Waals surface area contributed by atoms with Crippen molar-refractivity contribution in [1.82, 2.24) is 4.98 Å². The topological polar surface area (TPSA) is 75.4 Å². The van der Waals surface area contributed by atoms with Gasteiger partial charge in [-0.05, 0) is 30.7 Å². The number of furan rings is 1. The summed E-state index contributed by atoms with van der Waals surface area (Å²) < 4.78 is 5.13. The minimum atomic E-state index is -1.06. The summed E-state index contributed by atoms with van der Waals surface area (Å²) >= 11 is 0. The fourth-order valence-corrected chi connectivity index (χ4v) is 1.44. The number of pyridine rings is 1. The molecule has 17 heavy (non-hydrogen) atoms. The van der Waals surface area contributed by atoms with Gasteiger partial charge in [0.05, 0.1) is 6.54 Å². The van der Waals surface area contributed by atoms with Gasteiger partial charge in [0.2, 0.25) is 5.76 Å². The summed E-state index contributed by atoms with van der Waals surface area (Å²) in [6.07, 6.45) is 3.45. The smallest absolute Gasteiger partial charge is 0.371 e. The third-order valence-corrected chi connectivity index (χ3v) is 2.35. The van der Waals surface area contributed by atoms with Crippen molar-refractivity contribution in [3.8, 4) is 0 Å². The van der Waals surface area contributed by atoms with Gasteiger partial charge in [-0.25, -0.2) is 4.79 Å². The minimum absolute atomic E-state index is 0.0479. The number of hydrogen-bond acceptors (Lipinski definition) is 4. The second-order valence-electron chi connectivity index (χ2n) is 3.62. The Morgan fingerprint density at radius 1 is 1.47 bits per heavy atom. The summed E-state index contributed by atoms with van der Waals surface area (Å²) in [6.45, 7) is 2.39. The number of carboxylic acids is 1. The third-order valence-electron chi connectivity index (χ3n) is 2.35. The molecular formula is C12H12N2O3. The van der Waals surface area contributed by atoms with Crippen molar-refractivity contribution >= 4 is 11.7 Å². The lowest BCUT2D eigenvalue weighted by Crippen LogP contribution is -2.00. The van der Waals surface area contributed by atoms with Crippen LogP contribution in [0.5, 0.6) is 0 Å². The Hall–Kier alpha value is -2.30.